The lowest BCUT2D eigenvalue weighted by Crippen LogP contribution is -2.31. The van der Waals surface area contributed by atoms with E-state index in [0.29, 0.717) is 23.6 Å². The second-order valence-corrected chi connectivity index (χ2v) is 10.1. The number of hydrogen-bond donors (Lipinski definition) is 2. The first kappa shape index (κ1) is 27.6. The van der Waals surface area contributed by atoms with Gasteiger partial charge in [-0.3, -0.25) is 10.2 Å². The Balaban J connectivity index is 0.00000361. The van der Waals surface area contributed by atoms with Crippen molar-refractivity contribution in [3.63, 3.8) is 0 Å². The molecule has 0 atom stereocenters. The fraction of sp³-hybridized carbons (Fsp3) is 0.462. The molecule has 0 bridgehead atoms. The van der Waals surface area contributed by atoms with Crippen LogP contribution < -0.4 is 9.64 Å². The molecule has 4 rings (SSSR count). The van der Waals surface area contributed by atoms with E-state index in [0.717, 1.165) is 42.7 Å². The Labute approximate surface area is 220 Å². The van der Waals surface area contributed by atoms with Crippen LogP contribution in [0.25, 0.3) is 0 Å². The van der Waals surface area contributed by atoms with Crippen LogP contribution in [0.5, 0.6) is 5.75 Å². The zero-order valence-corrected chi connectivity index (χ0v) is 22.5. The van der Waals surface area contributed by atoms with Crippen LogP contribution >= 0.6 is 17.0 Å². The number of carbonyl (C=O) groups is 2. The number of ether oxygens (including phenoxy) is 1. The van der Waals surface area contributed by atoms with E-state index in [9.17, 15) is 19.1 Å². The number of nitrogens with one attached hydrogen (secondary N) is 1. The molecule has 3 heterocycles. The van der Waals surface area contributed by atoms with Crippen molar-refractivity contribution in [3.05, 3.63) is 52.3 Å². The number of rotatable bonds is 8. The van der Waals surface area contributed by atoms with Gasteiger partial charge < -0.3 is 19.6 Å². The molecule has 0 unspecified atom stereocenters. The average Bonchev–Trinajstić information content (AvgIpc) is 3.45. The highest BCUT2D eigenvalue weighted by atomic mass is 79.9. The van der Waals surface area contributed by atoms with Gasteiger partial charge in [0.1, 0.15) is 24.0 Å². The average molecular weight is 563 g/mol. The van der Waals surface area contributed by atoms with Gasteiger partial charge in [0.25, 0.3) is 0 Å². The number of carboxylic acids is 1. The van der Waals surface area contributed by atoms with E-state index >= 15 is 0 Å². The summed E-state index contributed by atoms with van der Waals surface area (Å²) in [5, 5.41) is 17.7. The van der Waals surface area contributed by atoms with Gasteiger partial charge in [0, 0.05) is 36.3 Å². The van der Waals surface area contributed by atoms with Crippen LogP contribution in [0.1, 0.15) is 66.5 Å². The molecule has 0 saturated carbocycles. The maximum Gasteiger partial charge on any atom is 0.341 e. The van der Waals surface area contributed by atoms with Crippen LogP contribution in [-0.2, 0) is 23.4 Å². The van der Waals surface area contributed by atoms with Crippen molar-refractivity contribution in [1.29, 1.82) is 5.41 Å². The number of alkyl halides is 1. The normalized spacial score (nSPS) is 15.1. The molecule has 2 aliphatic heterocycles. The summed E-state index contributed by atoms with van der Waals surface area (Å²) in [6.45, 7) is 6.79. The van der Waals surface area contributed by atoms with E-state index in [1.54, 1.807) is 29.2 Å². The van der Waals surface area contributed by atoms with Crippen molar-refractivity contribution in [3.8, 4) is 5.75 Å². The van der Waals surface area contributed by atoms with Crippen molar-refractivity contribution < 1.29 is 23.8 Å². The molecule has 1 fully saturated rings. The van der Waals surface area contributed by atoms with Crippen molar-refractivity contribution in [2.24, 2.45) is 0 Å². The standard InChI is InChI=1S/C26H31FN4O4.BrH/c1-26(2,3)19-10-17(11-20(30-8-4-5-9-30)24(19)35-15-22(33)34)21(32)14-31-13-16-6-7-18(12-27)29-23(16)25(31)28;/h6-7,10-11,28H,4-5,8-9,12-15H2,1-3H3,(H,33,34);1H. The molecule has 0 amide bonds. The van der Waals surface area contributed by atoms with Crippen molar-refractivity contribution in [1.82, 2.24) is 9.88 Å². The number of nitrogens with zero attached hydrogens (tertiary/aromatic N) is 3. The maximum absolute atomic E-state index is 13.5. The van der Waals surface area contributed by atoms with Crippen LogP contribution in [-0.4, -0.2) is 58.8 Å². The second-order valence-electron chi connectivity index (χ2n) is 10.1. The third-order valence-electron chi connectivity index (χ3n) is 6.40. The molecular weight excluding hydrogens is 531 g/mol. The van der Waals surface area contributed by atoms with Gasteiger partial charge in [-0.15, -0.1) is 17.0 Å². The lowest BCUT2D eigenvalue weighted by molar-refractivity contribution is -0.139. The molecule has 1 aromatic carbocycles. The van der Waals surface area contributed by atoms with Gasteiger partial charge in [-0.2, -0.15) is 0 Å². The van der Waals surface area contributed by atoms with E-state index in [4.69, 9.17) is 10.1 Å². The van der Waals surface area contributed by atoms with Crippen molar-refractivity contribution in [2.75, 3.05) is 31.1 Å². The first-order valence-electron chi connectivity index (χ1n) is 11.8. The van der Waals surface area contributed by atoms with Crippen molar-refractivity contribution >= 4 is 40.3 Å². The minimum atomic E-state index is -1.06. The smallest absolute Gasteiger partial charge is 0.341 e. The van der Waals surface area contributed by atoms with E-state index in [1.165, 1.54) is 0 Å². The number of Topliss-reactive ketones (excluding diaryl/α,β-unsaturated/α-hetero) is 1. The number of amidine groups is 1. The first-order chi connectivity index (χ1) is 16.6. The third kappa shape index (κ3) is 5.69. The van der Waals surface area contributed by atoms with Gasteiger partial charge in [-0.05, 0) is 36.5 Å². The molecule has 0 radical (unpaired) electrons. The van der Waals surface area contributed by atoms with Gasteiger partial charge >= 0.3 is 5.97 Å². The highest BCUT2D eigenvalue weighted by Crippen LogP contribution is 2.41. The number of carboxylic acid groups (broad SMARTS) is 1. The molecule has 8 nitrogen and oxygen atoms in total. The van der Waals surface area contributed by atoms with Crippen LogP contribution in [0.2, 0.25) is 0 Å². The number of carbonyl (C=O) groups excluding carboxylic acids is 1. The van der Waals surface area contributed by atoms with E-state index in [1.807, 2.05) is 20.8 Å². The van der Waals surface area contributed by atoms with Crippen molar-refractivity contribution in [2.45, 2.75) is 52.2 Å². The molecule has 1 aromatic heterocycles. The van der Waals surface area contributed by atoms with Crippen LogP contribution in [0.3, 0.4) is 0 Å². The Morgan fingerprint density at radius 1 is 1.19 bits per heavy atom. The topological polar surface area (TPSA) is 107 Å². The highest BCUT2D eigenvalue weighted by Gasteiger charge is 2.31. The highest BCUT2D eigenvalue weighted by molar-refractivity contribution is 8.93. The van der Waals surface area contributed by atoms with Gasteiger partial charge in [0.05, 0.1) is 17.9 Å². The zero-order valence-electron chi connectivity index (χ0n) is 20.8. The summed E-state index contributed by atoms with van der Waals surface area (Å²) in [6.07, 6.45) is 2.02. The lowest BCUT2D eigenvalue weighted by Gasteiger charge is -2.29. The number of ketones is 1. The number of aromatic nitrogens is 1. The van der Waals surface area contributed by atoms with Crippen LogP contribution in [0.15, 0.2) is 24.3 Å². The predicted molar refractivity (Wildman–Crippen MR) is 141 cm³/mol. The Morgan fingerprint density at radius 3 is 2.50 bits per heavy atom. The fourth-order valence-corrected chi connectivity index (χ4v) is 4.58. The molecule has 2 aliphatic rings. The minimum absolute atomic E-state index is 0. The van der Waals surface area contributed by atoms with Gasteiger partial charge in [0.15, 0.2) is 12.4 Å². The Hall–Kier alpha value is -3.01. The van der Waals surface area contributed by atoms with Gasteiger partial charge in [-0.1, -0.05) is 26.8 Å². The van der Waals surface area contributed by atoms with E-state index in [2.05, 4.69) is 9.88 Å². The Kier molecular flexibility index (Phi) is 8.38. The first-order valence-corrected chi connectivity index (χ1v) is 11.8. The van der Waals surface area contributed by atoms with Crippen LogP contribution in [0.4, 0.5) is 10.1 Å². The minimum Gasteiger partial charge on any atom is -0.479 e. The molecule has 194 valence electrons. The quantitative estimate of drug-likeness (QED) is 0.455. The monoisotopic (exact) mass is 562 g/mol. The Morgan fingerprint density at radius 2 is 1.89 bits per heavy atom. The zero-order chi connectivity index (χ0) is 25.3. The Bertz CT molecular complexity index is 1180. The van der Waals surface area contributed by atoms with E-state index in [-0.39, 0.29) is 40.8 Å². The molecule has 0 aliphatic carbocycles. The molecule has 2 N–H and O–H groups in total. The summed E-state index contributed by atoms with van der Waals surface area (Å²) in [4.78, 5) is 32.7. The number of fused-ring (bicyclic) bond motifs is 1. The summed E-state index contributed by atoms with van der Waals surface area (Å²) in [6, 6.07) is 6.93. The molecule has 1 saturated heterocycles. The summed E-state index contributed by atoms with van der Waals surface area (Å²) < 4.78 is 18.8. The predicted octanol–water partition coefficient (Wildman–Crippen LogP) is 4.51. The third-order valence-corrected chi connectivity index (χ3v) is 6.40. The molecular formula is C26H32BrFN4O4. The number of aliphatic carboxylic acids is 1. The summed E-state index contributed by atoms with van der Waals surface area (Å²) >= 11 is 0. The molecule has 36 heavy (non-hydrogen) atoms. The fourth-order valence-electron chi connectivity index (χ4n) is 4.58. The van der Waals surface area contributed by atoms with Gasteiger partial charge in [0.2, 0.25) is 0 Å². The largest absolute Gasteiger partial charge is 0.479 e. The summed E-state index contributed by atoms with van der Waals surface area (Å²) in [7, 11) is 0. The summed E-state index contributed by atoms with van der Waals surface area (Å²) in [5.74, 6) is -0.610. The number of benzene rings is 1. The second kappa shape index (κ2) is 10.9. The number of hydrogen-bond acceptors (Lipinski definition) is 6. The van der Waals surface area contributed by atoms with Crippen LogP contribution in [0, 0.1) is 5.41 Å². The SMILES string of the molecule is Br.CC(C)(C)c1cc(C(=O)CN2Cc3ccc(CF)nc3C2=N)cc(N2CCCC2)c1OCC(=O)O. The van der Waals surface area contributed by atoms with Gasteiger partial charge in [-0.25, -0.2) is 14.2 Å². The number of pyridine rings is 1. The lowest BCUT2D eigenvalue weighted by atomic mass is 9.84. The summed E-state index contributed by atoms with van der Waals surface area (Å²) in [5.41, 5.74) is 3.06. The van der Waals surface area contributed by atoms with E-state index < -0.39 is 24.7 Å². The molecule has 0 spiro atoms. The maximum atomic E-state index is 13.5. The molecule has 2 aromatic rings. The number of halogens is 2. The molecule has 10 heteroatoms. The number of anilines is 1.